The SMILES string of the molecule is CC[C@@H]1C[C@H](NC(=O)c2cc3ccc(C)cc3o2)C[C@@H]1c1nnc2cnc3[nH]ccc3n12. The van der Waals surface area contributed by atoms with E-state index in [1.807, 2.05) is 43.5 Å². The summed E-state index contributed by atoms with van der Waals surface area (Å²) in [6.45, 7) is 4.21. The fourth-order valence-corrected chi connectivity index (χ4v) is 5.16. The molecule has 1 aliphatic rings. The maximum atomic E-state index is 12.9. The average molecular weight is 428 g/mol. The molecule has 0 unspecified atom stereocenters. The van der Waals surface area contributed by atoms with Gasteiger partial charge in [-0.1, -0.05) is 25.5 Å². The molecule has 5 aromatic rings. The summed E-state index contributed by atoms with van der Waals surface area (Å²) >= 11 is 0. The Morgan fingerprint density at radius 2 is 2.16 bits per heavy atom. The van der Waals surface area contributed by atoms with Crippen LogP contribution in [0.4, 0.5) is 0 Å². The number of H-pyrrole nitrogens is 1. The molecule has 6 rings (SSSR count). The van der Waals surface area contributed by atoms with Crippen LogP contribution >= 0.6 is 0 Å². The third-order valence-electron chi connectivity index (χ3n) is 6.75. The van der Waals surface area contributed by atoms with E-state index in [2.05, 4.69) is 36.8 Å². The first-order valence-electron chi connectivity index (χ1n) is 11.1. The highest BCUT2D eigenvalue weighted by Gasteiger charge is 2.38. The van der Waals surface area contributed by atoms with Gasteiger partial charge in [-0.3, -0.25) is 9.20 Å². The van der Waals surface area contributed by atoms with Crippen molar-refractivity contribution < 1.29 is 9.21 Å². The van der Waals surface area contributed by atoms with Crippen LogP contribution in [0.3, 0.4) is 0 Å². The maximum Gasteiger partial charge on any atom is 0.287 e. The monoisotopic (exact) mass is 428 g/mol. The molecule has 1 aromatic carbocycles. The molecule has 1 saturated carbocycles. The summed E-state index contributed by atoms with van der Waals surface area (Å²) < 4.78 is 7.92. The number of rotatable bonds is 4. The molecule has 0 bridgehead atoms. The Balaban J connectivity index is 1.28. The van der Waals surface area contributed by atoms with Crippen LogP contribution in [-0.2, 0) is 0 Å². The molecule has 0 spiro atoms. The van der Waals surface area contributed by atoms with Gasteiger partial charge < -0.3 is 14.7 Å². The number of aryl methyl sites for hydroxylation is 1. The molecule has 1 fully saturated rings. The molecular formula is C24H24N6O2. The molecule has 2 N–H and O–H groups in total. The molecule has 162 valence electrons. The quantitative estimate of drug-likeness (QED) is 0.443. The van der Waals surface area contributed by atoms with E-state index in [0.717, 1.165) is 58.4 Å². The second-order valence-corrected chi connectivity index (χ2v) is 8.79. The van der Waals surface area contributed by atoms with Crippen molar-refractivity contribution in [2.75, 3.05) is 0 Å². The van der Waals surface area contributed by atoms with Crippen LogP contribution in [-0.4, -0.2) is 36.5 Å². The van der Waals surface area contributed by atoms with Gasteiger partial charge in [0.25, 0.3) is 5.91 Å². The van der Waals surface area contributed by atoms with E-state index in [1.54, 1.807) is 6.20 Å². The summed E-state index contributed by atoms with van der Waals surface area (Å²) in [5, 5.41) is 13.0. The largest absolute Gasteiger partial charge is 0.451 e. The molecule has 4 aromatic heterocycles. The summed E-state index contributed by atoms with van der Waals surface area (Å²) in [5.41, 5.74) is 4.38. The summed E-state index contributed by atoms with van der Waals surface area (Å²) in [4.78, 5) is 20.5. The van der Waals surface area contributed by atoms with Crippen LogP contribution < -0.4 is 5.32 Å². The van der Waals surface area contributed by atoms with Gasteiger partial charge in [0.15, 0.2) is 17.1 Å². The van der Waals surface area contributed by atoms with Gasteiger partial charge in [-0.15, -0.1) is 10.2 Å². The predicted molar refractivity (Wildman–Crippen MR) is 121 cm³/mol. The predicted octanol–water partition coefficient (Wildman–Crippen LogP) is 4.36. The molecule has 0 radical (unpaired) electrons. The molecule has 8 nitrogen and oxygen atoms in total. The summed E-state index contributed by atoms with van der Waals surface area (Å²) in [6.07, 6.45) is 6.36. The van der Waals surface area contributed by atoms with Crippen molar-refractivity contribution in [1.82, 2.24) is 29.9 Å². The van der Waals surface area contributed by atoms with Crippen molar-refractivity contribution >= 4 is 33.7 Å². The van der Waals surface area contributed by atoms with Gasteiger partial charge in [-0.05, 0) is 49.4 Å². The van der Waals surface area contributed by atoms with Crippen LogP contribution in [0, 0.1) is 12.8 Å². The standard InChI is InChI=1S/C24H24N6O2/c1-3-14-9-16(27-24(31)20-10-15-5-4-13(2)8-19(15)32-20)11-17(14)23-29-28-21-12-26-22-18(30(21)23)6-7-25-22/h4-8,10,12,14,16-17,25H,3,9,11H2,1-2H3,(H,27,31)/t14-,16+,17+/m1/s1. The van der Waals surface area contributed by atoms with Crippen LogP contribution in [0.5, 0.6) is 0 Å². The minimum Gasteiger partial charge on any atom is -0.451 e. The number of amides is 1. The van der Waals surface area contributed by atoms with Crippen molar-refractivity contribution in [3.05, 3.63) is 59.9 Å². The van der Waals surface area contributed by atoms with Gasteiger partial charge in [0.1, 0.15) is 11.4 Å². The van der Waals surface area contributed by atoms with Crippen molar-refractivity contribution in [3.63, 3.8) is 0 Å². The third kappa shape index (κ3) is 2.97. The summed E-state index contributed by atoms with van der Waals surface area (Å²) in [6, 6.07) is 9.83. The Morgan fingerprint density at radius 3 is 3.03 bits per heavy atom. The van der Waals surface area contributed by atoms with Gasteiger partial charge in [0.2, 0.25) is 0 Å². The highest BCUT2D eigenvalue weighted by Crippen LogP contribution is 2.41. The number of fused-ring (bicyclic) bond motifs is 4. The molecule has 0 saturated heterocycles. The molecule has 32 heavy (non-hydrogen) atoms. The molecule has 1 amide bonds. The number of hydrogen-bond acceptors (Lipinski definition) is 5. The second-order valence-electron chi connectivity index (χ2n) is 8.79. The number of hydrogen-bond donors (Lipinski definition) is 2. The Kier molecular flexibility index (Phi) is 4.28. The first kappa shape index (κ1) is 19.0. The first-order valence-corrected chi connectivity index (χ1v) is 11.1. The van der Waals surface area contributed by atoms with Gasteiger partial charge in [0, 0.05) is 23.5 Å². The fourth-order valence-electron chi connectivity index (χ4n) is 5.16. The maximum absolute atomic E-state index is 12.9. The second kappa shape index (κ2) is 7.19. The number of aromatic amines is 1. The van der Waals surface area contributed by atoms with Crippen LogP contribution in [0.15, 0.2) is 47.1 Å². The van der Waals surface area contributed by atoms with Crippen molar-refractivity contribution in [2.45, 2.75) is 45.1 Å². The van der Waals surface area contributed by atoms with Crippen molar-refractivity contribution in [3.8, 4) is 0 Å². The van der Waals surface area contributed by atoms with Gasteiger partial charge >= 0.3 is 0 Å². The fraction of sp³-hybridized carbons (Fsp3) is 0.333. The molecule has 1 aliphatic carbocycles. The van der Waals surface area contributed by atoms with Crippen LogP contribution in [0.2, 0.25) is 0 Å². The van der Waals surface area contributed by atoms with E-state index >= 15 is 0 Å². The minimum absolute atomic E-state index is 0.0586. The molecule has 4 heterocycles. The first-order chi connectivity index (χ1) is 15.6. The number of benzene rings is 1. The zero-order valence-corrected chi connectivity index (χ0v) is 18.0. The zero-order valence-electron chi connectivity index (χ0n) is 18.0. The van der Waals surface area contributed by atoms with Crippen LogP contribution in [0.1, 0.15) is 54.0 Å². The molecule has 0 aliphatic heterocycles. The normalized spacial score (nSPS) is 21.1. The van der Waals surface area contributed by atoms with E-state index in [1.165, 1.54) is 0 Å². The van der Waals surface area contributed by atoms with E-state index < -0.39 is 0 Å². The zero-order chi connectivity index (χ0) is 21.8. The van der Waals surface area contributed by atoms with Gasteiger partial charge in [-0.25, -0.2) is 4.98 Å². The lowest BCUT2D eigenvalue weighted by molar-refractivity contribution is 0.0911. The molecule has 3 atom stereocenters. The lowest BCUT2D eigenvalue weighted by Crippen LogP contribution is -2.32. The number of carbonyl (C=O) groups is 1. The highest BCUT2D eigenvalue weighted by atomic mass is 16.3. The van der Waals surface area contributed by atoms with Gasteiger partial charge in [-0.2, -0.15) is 0 Å². The Labute approximate surface area is 184 Å². The number of nitrogens with one attached hydrogen (secondary N) is 2. The highest BCUT2D eigenvalue weighted by molar-refractivity contribution is 5.96. The number of furan rings is 1. The molecule has 8 heteroatoms. The Hall–Kier alpha value is -3.68. The number of aromatic nitrogens is 5. The third-order valence-corrected chi connectivity index (χ3v) is 6.75. The molecular weight excluding hydrogens is 404 g/mol. The lowest BCUT2D eigenvalue weighted by atomic mass is 9.93. The number of nitrogens with zero attached hydrogens (tertiary/aromatic N) is 4. The minimum atomic E-state index is -0.164. The van der Waals surface area contributed by atoms with Crippen molar-refractivity contribution in [1.29, 1.82) is 0 Å². The van der Waals surface area contributed by atoms with Crippen LogP contribution in [0.25, 0.3) is 27.8 Å². The van der Waals surface area contributed by atoms with E-state index in [0.29, 0.717) is 11.7 Å². The Bertz CT molecular complexity index is 1460. The summed E-state index contributed by atoms with van der Waals surface area (Å²) in [5.74, 6) is 1.75. The van der Waals surface area contributed by atoms with Gasteiger partial charge in [0.05, 0.1) is 11.7 Å². The Morgan fingerprint density at radius 1 is 1.25 bits per heavy atom. The summed E-state index contributed by atoms with van der Waals surface area (Å²) in [7, 11) is 0. The van der Waals surface area contributed by atoms with E-state index in [9.17, 15) is 4.79 Å². The topological polar surface area (TPSA) is 101 Å². The smallest absolute Gasteiger partial charge is 0.287 e. The van der Waals surface area contributed by atoms with E-state index in [-0.39, 0.29) is 17.9 Å². The van der Waals surface area contributed by atoms with Crippen molar-refractivity contribution in [2.24, 2.45) is 5.92 Å². The number of carbonyl (C=O) groups excluding carboxylic acids is 1. The lowest BCUT2D eigenvalue weighted by Gasteiger charge is -2.15. The average Bonchev–Trinajstić information content (AvgIpc) is 3.55. The van der Waals surface area contributed by atoms with E-state index in [4.69, 9.17) is 4.42 Å².